The maximum atomic E-state index is 6.33. The standard InChI is InChI=1S/C18H24ClN5S/c19-15-6-3-4-7-16(15)22-12-10-21(11-13-22)14-24-18(25)23-9-5-1-2-8-17(23)20-24/h3-4,6-7H,1-2,5,8-14H2. The highest BCUT2D eigenvalue weighted by Crippen LogP contribution is 2.26. The number of aromatic nitrogens is 3. The zero-order valence-corrected chi connectivity index (χ0v) is 16.0. The highest BCUT2D eigenvalue weighted by Gasteiger charge is 2.20. The highest BCUT2D eigenvalue weighted by atomic mass is 35.5. The molecule has 7 heteroatoms. The fourth-order valence-corrected chi connectivity index (χ4v) is 4.30. The Morgan fingerprint density at radius 1 is 1.00 bits per heavy atom. The number of piperazine rings is 1. The van der Waals surface area contributed by atoms with E-state index in [9.17, 15) is 0 Å². The number of rotatable bonds is 3. The van der Waals surface area contributed by atoms with E-state index >= 15 is 0 Å². The fourth-order valence-electron chi connectivity index (χ4n) is 3.75. The molecule has 2 aliphatic rings. The predicted octanol–water partition coefficient (Wildman–Crippen LogP) is 3.57. The van der Waals surface area contributed by atoms with Gasteiger partial charge in [0.25, 0.3) is 0 Å². The Morgan fingerprint density at radius 3 is 2.60 bits per heavy atom. The van der Waals surface area contributed by atoms with Crippen LogP contribution >= 0.6 is 23.8 Å². The number of aryl methyl sites for hydroxylation is 1. The molecule has 1 fully saturated rings. The SMILES string of the molecule is S=c1n(CN2CCN(c3ccccc3Cl)CC2)nc2n1CCCCC2. The zero-order valence-electron chi connectivity index (χ0n) is 14.4. The van der Waals surface area contributed by atoms with E-state index in [-0.39, 0.29) is 0 Å². The van der Waals surface area contributed by atoms with Gasteiger partial charge in [-0.15, -0.1) is 0 Å². The van der Waals surface area contributed by atoms with Gasteiger partial charge in [0.05, 0.1) is 17.4 Å². The van der Waals surface area contributed by atoms with Gasteiger partial charge in [0.1, 0.15) is 5.82 Å². The second-order valence-corrected chi connectivity index (χ2v) is 7.63. The Hall–Kier alpha value is -1.37. The minimum absolute atomic E-state index is 0.787. The summed E-state index contributed by atoms with van der Waals surface area (Å²) in [5, 5.41) is 5.62. The first-order chi connectivity index (χ1) is 12.2. The summed E-state index contributed by atoms with van der Waals surface area (Å²) in [4.78, 5) is 4.79. The molecule has 1 saturated heterocycles. The molecule has 0 radical (unpaired) electrons. The molecule has 0 amide bonds. The molecule has 5 nitrogen and oxygen atoms in total. The molecule has 4 rings (SSSR count). The highest BCUT2D eigenvalue weighted by molar-refractivity contribution is 7.71. The summed E-state index contributed by atoms with van der Waals surface area (Å²) in [5.41, 5.74) is 1.13. The quantitative estimate of drug-likeness (QED) is 0.764. The van der Waals surface area contributed by atoms with E-state index in [2.05, 4.69) is 20.4 Å². The third kappa shape index (κ3) is 3.61. The van der Waals surface area contributed by atoms with Crippen molar-refractivity contribution in [3.63, 3.8) is 0 Å². The van der Waals surface area contributed by atoms with Crippen LogP contribution in [0.15, 0.2) is 24.3 Å². The molecule has 0 unspecified atom stereocenters. The van der Waals surface area contributed by atoms with Crippen molar-refractivity contribution >= 4 is 29.5 Å². The van der Waals surface area contributed by atoms with Crippen LogP contribution in [0.5, 0.6) is 0 Å². The van der Waals surface area contributed by atoms with Crippen molar-refractivity contribution in [3.05, 3.63) is 39.9 Å². The molecule has 0 N–H and O–H groups in total. The topological polar surface area (TPSA) is 29.2 Å². The number of halogens is 1. The van der Waals surface area contributed by atoms with Gasteiger partial charge >= 0.3 is 0 Å². The number of anilines is 1. The lowest BCUT2D eigenvalue weighted by Crippen LogP contribution is -2.47. The van der Waals surface area contributed by atoms with Gasteiger partial charge in [-0.25, -0.2) is 4.68 Å². The molecule has 1 aromatic carbocycles. The minimum atomic E-state index is 0.787. The van der Waals surface area contributed by atoms with Gasteiger partial charge in [0.15, 0.2) is 4.77 Å². The molecular weight excluding hydrogens is 354 g/mol. The molecule has 0 atom stereocenters. The van der Waals surface area contributed by atoms with Crippen LogP contribution < -0.4 is 4.90 Å². The third-order valence-electron chi connectivity index (χ3n) is 5.18. The van der Waals surface area contributed by atoms with Gasteiger partial charge in [-0.2, -0.15) is 5.10 Å². The molecule has 0 aliphatic carbocycles. The van der Waals surface area contributed by atoms with E-state index in [4.69, 9.17) is 28.9 Å². The van der Waals surface area contributed by atoms with Gasteiger partial charge in [0.2, 0.25) is 0 Å². The Kier molecular flexibility index (Phi) is 5.10. The summed E-state index contributed by atoms with van der Waals surface area (Å²) in [6.07, 6.45) is 4.77. The van der Waals surface area contributed by atoms with Crippen LogP contribution in [-0.4, -0.2) is 45.4 Å². The monoisotopic (exact) mass is 377 g/mol. The summed E-state index contributed by atoms with van der Waals surface area (Å²) in [6, 6.07) is 8.08. The lowest BCUT2D eigenvalue weighted by atomic mass is 10.2. The molecule has 0 bridgehead atoms. The molecule has 134 valence electrons. The molecule has 1 aromatic heterocycles. The van der Waals surface area contributed by atoms with E-state index in [0.717, 1.165) is 67.1 Å². The Labute approximate surface area is 158 Å². The number of nitrogens with zero attached hydrogens (tertiary/aromatic N) is 5. The first-order valence-electron chi connectivity index (χ1n) is 9.11. The molecule has 2 aliphatic heterocycles. The molecular formula is C18H24ClN5S. The molecule has 3 heterocycles. The third-order valence-corrected chi connectivity index (χ3v) is 5.93. The van der Waals surface area contributed by atoms with Crippen molar-refractivity contribution < 1.29 is 0 Å². The van der Waals surface area contributed by atoms with Crippen molar-refractivity contribution in [1.29, 1.82) is 0 Å². The van der Waals surface area contributed by atoms with Crippen LogP contribution in [-0.2, 0) is 19.6 Å². The van der Waals surface area contributed by atoms with Gasteiger partial charge in [-0.05, 0) is 37.2 Å². The van der Waals surface area contributed by atoms with E-state index in [1.807, 2.05) is 22.9 Å². The minimum Gasteiger partial charge on any atom is -0.368 e. The Morgan fingerprint density at radius 2 is 1.80 bits per heavy atom. The fraction of sp³-hybridized carbons (Fsp3) is 0.556. The maximum absolute atomic E-state index is 6.33. The predicted molar refractivity (Wildman–Crippen MR) is 104 cm³/mol. The number of fused-ring (bicyclic) bond motifs is 1. The largest absolute Gasteiger partial charge is 0.368 e. The van der Waals surface area contributed by atoms with Gasteiger partial charge in [-0.3, -0.25) is 4.90 Å². The second-order valence-electron chi connectivity index (χ2n) is 6.86. The van der Waals surface area contributed by atoms with Crippen LogP contribution in [0.2, 0.25) is 5.02 Å². The molecule has 25 heavy (non-hydrogen) atoms. The number of benzene rings is 1. The lowest BCUT2D eigenvalue weighted by molar-refractivity contribution is 0.193. The Balaban J connectivity index is 1.41. The smallest absolute Gasteiger partial charge is 0.199 e. The summed E-state index contributed by atoms with van der Waals surface area (Å²) in [7, 11) is 0. The van der Waals surface area contributed by atoms with E-state index in [0.29, 0.717) is 0 Å². The maximum Gasteiger partial charge on any atom is 0.199 e. The summed E-state index contributed by atoms with van der Waals surface area (Å²) in [6.45, 7) is 5.75. The van der Waals surface area contributed by atoms with E-state index in [1.54, 1.807) is 0 Å². The first-order valence-corrected chi connectivity index (χ1v) is 9.89. The van der Waals surface area contributed by atoms with Crippen LogP contribution in [0.4, 0.5) is 5.69 Å². The van der Waals surface area contributed by atoms with E-state index < -0.39 is 0 Å². The zero-order chi connectivity index (χ0) is 17.2. The van der Waals surface area contributed by atoms with Crippen LogP contribution in [0, 0.1) is 4.77 Å². The average Bonchev–Trinajstić information content (AvgIpc) is 2.79. The summed E-state index contributed by atoms with van der Waals surface area (Å²) >= 11 is 12.0. The molecule has 0 saturated carbocycles. The number of hydrogen-bond donors (Lipinski definition) is 0. The molecule has 2 aromatic rings. The summed E-state index contributed by atoms with van der Waals surface area (Å²) < 4.78 is 5.13. The second kappa shape index (κ2) is 7.48. The van der Waals surface area contributed by atoms with Crippen molar-refractivity contribution in [3.8, 4) is 0 Å². The number of para-hydroxylation sites is 1. The first kappa shape index (κ1) is 17.1. The van der Waals surface area contributed by atoms with Gasteiger partial charge < -0.3 is 9.47 Å². The molecule has 0 spiro atoms. The average molecular weight is 378 g/mol. The van der Waals surface area contributed by atoms with Crippen LogP contribution in [0.1, 0.15) is 25.1 Å². The van der Waals surface area contributed by atoms with Crippen LogP contribution in [0.3, 0.4) is 0 Å². The number of hydrogen-bond acceptors (Lipinski definition) is 4. The Bertz CT molecular complexity index is 791. The van der Waals surface area contributed by atoms with Crippen molar-refractivity contribution in [2.75, 3.05) is 31.1 Å². The van der Waals surface area contributed by atoms with E-state index in [1.165, 1.54) is 19.3 Å². The van der Waals surface area contributed by atoms with Crippen molar-refractivity contribution in [1.82, 2.24) is 19.2 Å². The normalized spacial score (nSPS) is 18.8. The van der Waals surface area contributed by atoms with Crippen molar-refractivity contribution in [2.45, 2.75) is 38.9 Å². The van der Waals surface area contributed by atoms with Crippen molar-refractivity contribution in [2.24, 2.45) is 0 Å². The van der Waals surface area contributed by atoms with Gasteiger partial charge in [0, 0.05) is 39.1 Å². The van der Waals surface area contributed by atoms with Crippen LogP contribution in [0.25, 0.3) is 0 Å². The summed E-state index contributed by atoms with van der Waals surface area (Å²) in [5.74, 6) is 1.16. The van der Waals surface area contributed by atoms with Gasteiger partial charge in [-0.1, -0.05) is 30.2 Å². The lowest BCUT2D eigenvalue weighted by Gasteiger charge is -2.36.